The summed E-state index contributed by atoms with van der Waals surface area (Å²) in [5.41, 5.74) is 4.79. The van der Waals surface area contributed by atoms with Crippen LogP contribution in [0.3, 0.4) is 0 Å². The van der Waals surface area contributed by atoms with E-state index < -0.39 is 0 Å². The summed E-state index contributed by atoms with van der Waals surface area (Å²) in [6, 6.07) is 10.5. The molecular weight excluding hydrogens is 361 g/mol. The predicted octanol–water partition coefficient (Wildman–Crippen LogP) is 3.69. The summed E-state index contributed by atoms with van der Waals surface area (Å²) in [5, 5.41) is 4.60. The maximum absolute atomic E-state index is 13.3. The Balaban J connectivity index is 1.73. The molecule has 0 N–H and O–H groups in total. The van der Waals surface area contributed by atoms with Crippen LogP contribution in [0.1, 0.15) is 0 Å². The van der Waals surface area contributed by atoms with Gasteiger partial charge in [-0.2, -0.15) is 5.10 Å². The first-order valence-electron chi connectivity index (χ1n) is 8.94. The molecule has 1 aliphatic rings. The van der Waals surface area contributed by atoms with Gasteiger partial charge in [0, 0.05) is 50.6 Å². The second-order valence-electron chi connectivity index (χ2n) is 6.57. The third-order valence-corrected chi connectivity index (χ3v) is 5.73. The highest BCUT2D eigenvalue weighted by Crippen LogP contribution is 2.33. The lowest BCUT2D eigenvalue weighted by molar-refractivity contribution is 0.431. The van der Waals surface area contributed by atoms with Crippen molar-refractivity contribution >= 4 is 17.6 Å². The molecule has 0 atom stereocenters. The first-order chi connectivity index (χ1) is 13.1. The van der Waals surface area contributed by atoms with Gasteiger partial charge in [-0.3, -0.25) is 9.67 Å². The van der Waals surface area contributed by atoms with E-state index in [1.165, 1.54) is 12.1 Å². The van der Waals surface area contributed by atoms with Crippen LogP contribution in [0, 0.1) is 5.82 Å². The van der Waals surface area contributed by atoms with Crippen molar-refractivity contribution in [1.29, 1.82) is 0 Å². The molecule has 3 aromatic rings. The number of aromatic nitrogens is 3. The molecule has 1 fully saturated rings. The number of pyridine rings is 1. The van der Waals surface area contributed by atoms with Gasteiger partial charge in [0.05, 0.1) is 23.3 Å². The molecule has 0 bridgehead atoms. The first-order valence-corrected chi connectivity index (χ1v) is 10.1. The van der Waals surface area contributed by atoms with Gasteiger partial charge in [0.15, 0.2) is 0 Å². The van der Waals surface area contributed by atoms with Crippen LogP contribution < -0.4 is 4.90 Å². The number of aryl methyl sites for hydroxylation is 1. The summed E-state index contributed by atoms with van der Waals surface area (Å²) < 4.78 is 17.5. The number of benzene rings is 1. The zero-order valence-electron chi connectivity index (χ0n) is 15.5. The fourth-order valence-corrected chi connectivity index (χ4v) is 3.88. The predicted molar refractivity (Wildman–Crippen MR) is 109 cm³/mol. The molecule has 27 heavy (non-hydrogen) atoms. The first kappa shape index (κ1) is 18.0. The second kappa shape index (κ2) is 7.70. The molecule has 3 heterocycles. The highest BCUT2D eigenvalue weighted by Gasteiger charge is 2.21. The van der Waals surface area contributed by atoms with Crippen molar-refractivity contribution in [2.24, 2.45) is 7.05 Å². The summed E-state index contributed by atoms with van der Waals surface area (Å²) >= 11 is 1.79. The van der Waals surface area contributed by atoms with Crippen molar-refractivity contribution < 1.29 is 4.39 Å². The Bertz CT molecular complexity index is 916. The van der Waals surface area contributed by atoms with Crippen LogP contribution in [0.25, 0.3) is 22.5 Å². The molecule has 4 rings (SSSR count). The van der Waals surface area contributed by atoms with Gasteiger partial charge in [-0.25, -0.2) is 8.70 Å². The molecule has 1 aliphatic heterocycles. The maximum atomic E-state index is 13.3. The van der Waals surface area contributed by atoms with Crippen LogP contribution in [0.15, 0.2) is 48.8 Å². The second-order valence-corrected chi connectivity index (χ2v) is 7.45. The van der Waals surface area contributed by atoms with Gasteiger partial charge in [0.25, 0.3) is 0 Å². The number of rotatable bonds is 4. The van der Waals surface area contributed by atoms with E-state index in [-0.39, 0.29) is 5.82 Å². The van der Waals surface area contributed by atoms with Gasteiger partial charge in [0.2, 0.25) is 0 Å². The van der Waals surface area contributed by atoms with E-state index in [2.05, 4.69) is 31.6 Å². The van der Waals surface area contributed by atoms with E-state index in [1.54, 1.807) is 24.1 Å². The highest BCUT2D eigenvalue weighted by molar-refractivity contribution is 7.96. The van der Waals surface area contributed by atoms with E-state index in [0.717, 1.165) is 54.4 Å². The minimum Gasteiger partial charge on any atom is -0.367 e. The van der Waals surface area contributed by atoms with Gasteiger partial charge < -0.3 is 4.90 Å². The quantitative estimate of drug-likeness (QED) is 0.643. The van der Waals surface area contributed by atoms with Crippen molar-refractivity contribution in [2.75, 3.05) is 37.3 Å². The molecule has 140 valence electrons. The minimum absolute atomic E-state index is 0.244. The van der Waals surface area contributed by atoms with Crippen LogP contribution in [-0.2, 0) is 7.05 Å². The van der Waals surface area contributed by atoms with Crippen molar-refractivity contribution in [2.45, 2.75) is 0 Å². The molecule has 0 spiro atoms. The number of hydrogen-bond donors (Lipinski definition) is 0. The molecule has 0 unspecified atom stereocenters. The normalized spacial score (nSPS) is 15.3. The zero-order chi connectivity index (χ0) is 18.8. The van der Waals surface area contributed by atoms with E-state index in [1.807, 2.05) is 30.2 Å². The standard InChI is InChI=1S/C20H22FN5S/c1-24-8-7-18(23-24)17-13-19(15-3-5-16(21)6-4-15)22-14-20(17)25-9-11-26(27-2)12-10-25/h3-8,13-14H,9-12H2,1-2H3. The Morgan fingerprint density at radius 2 is 1.74 bits per heavy atom. The monoisotopic (exact) mass is 383 g/mol. The Morgan fingerprint density at radius 3 is 2.37 bits per heavy atom. The molecule has 7 heteroatoms. The average Bonchev–Trinajstić information content (AvgIpc) is 3.14. The van der Waals surface area contributed by atoms with Crippen molar-refractivity contribution in [3.05, 3.63) is 54.6 Å². The molecule has 0 aliphatic carbocycles. The molecule has 2 aromatic heterocycles. The SMILES string of the molecule is CSN1CCN(c2cnc(-c3ccc(F)cc3)cc2-c2ccn(C)n2)CC1. The van der Waals surface area contributed by atoms with E-state index >= 15 is 0 Å². The lowest BCUT2D eigenvalue weighted by Crippen LogP contribution is -2.43. The number of nitrogens with zero attached hydrogens (tertiary/aromatic N) is 5. The molecule has 0 radical (unpaired) electrons. The largest absolute Gasteiger partial charge is 0.367 e. The van der Waals surface area contributed by atoms with Crippen LogP contribution in [0.5, 0.6) is 0 Å². The molecule has 1 saturated heterocycles. The average molecular weight is 383 g/mol. The van der Waals surface area contributed by atoms with Crippen LogP contribution in [0.2, 0.25) is 0 Å². The zero-order valence-corrected chi connectivity index (χ0v) is 16.3. The Hall–Kier alpha value is -2.38. The van der Waals surface area contributed by atoms with Gasteiger partial charge in [-0.1, -0.05) is 11.9 Å². The summed E-state index contributed by atoms with van der Waals surface area (Å²) in [4.78, 5) is 7.04. The fraction of sp³-hybridized carbons (Fsp3) is 0.300. The van der Waals surface area contributed by atoms with Gasteiger partial charge in [0.1, 0.15) is 5.82 Å². The number of hydrogen-bond acceptors (Lipinski definition) is 5. The number of halogens is 1. The number of anilines is 1. The topological polar surface area (TPSA) is 37.2 Å². The van der Waals surface area contributed by atoms with Crippen molar-refractivity contribution in [1.82, 2.24) is 19.1 Å². The van der Waals surface area contributed by atoms with Gasteiger partial charge in [-0.15, -0.1) is 0 Å². The van der Waals surface area contributed by atoms with Crippen LogP contribution in [0.4, 0.5) is 10.1 Å². The lowest BCUT2D eigenvalue weighted by Gasteiger charge is -2.35. The maximum Gasteiger partial charge on any atom is 0.123 e. The molecule has 0 saturated carbocycles. The van der Waals surface area contributed by atoms with Crippen LogP contribution >= 0.6 is 11.9 Å². The molecule has 0 amide bonds. The molecular formula is C20H22FN5S. The van der Waals surface area contributed by atoms with E-state index in [9.17, 15) is 4.39 Å². The summed E-state index contributed by atoms with van der Waals surface area (Å²) in [6.45, 7) is 3.95. The van der Waals surface area contributed by atoms with Crippen molar-refractivity contribution in [3.8, 4) is 22.5 Å². The Kier molecular flexibility index (Phi) is 5.13. The van der Waals surface area contributed by atoms with Gasteiger partial charge in [-0.05, 0) is 42.7 Å². The fourth-order valence-electron chi connectivity index (χ4n) is 3.35. The van der Waals surface area contributed by atoms with E-state index in [0.29, 0.717) is 0 Å². The lowest BCUT2D eigenvalue weighted by atomic mass is 10.0. The minimum atomic E-state index is -0.244. The summed E-state index contributed by atoms with van der Waals surface area (Å²) in [7, 11) is 1.92. The Morgan fingerprint density at radius 1 is 1.00 bits per heavy atom. The molecule has 5 nitrogen and oxygen atoms in total. The summed E-state index contributed by atoms with van der Waals surface area (Å²) in [6.07, 6.45) is 5.99. The third-order valence-electron chi connectivity index (χ3n) is 4.85. The highest BCUT2D eigenvalue weighted by atomic mass is 32.2. The number of piperazine rings is 1. The molecule has 1 aromatic carbocycles. The third kappa shape index (κ3) is 3.84. The van der Waals surface area contributed by atoms with Crippen LogP contribution in [-0.4, -0.2) is 51.5 Å². The van der Waals surface area contributed by atoms with Gasteiger partial charge >= 0.3 is 0 Å². The smallest absolute Gasteiger partial charge is 0.123 e. The summed E-state index contributed by atoms with van der Waals surface area (Å²) in [5.74, 6) is -0.244. The van der Waals surface area contributed by atoms with Crippen molar-refractivity contribution in [3.63, 3.8) is 0 Å². The van der Waals surface area contributed by atoms with E-state index in [4.69, 9.17) is 0 Å². The Labute approximate surface area is 162 Å².